The van der Waals surface area contributed by atoms with E-state index in [0.29, 0.717) is 6.42 Å². The van der Waals surface area contributed by atoms with Crippen molar-refractivity contribution in [3.63, 3.8) is 0 Å². The summed E-state index contributed by atoms with van der Waals surface area (Å²) in [5, 5.41) is 86.1. The van der Waals surface area contributed by atoms with Crippen LogP contribution in [0.3, 0.4) is 0 Å². The molecule has 2 heterocycles. The van der Waals surface area contributed by atoms with Crippen LogP contribution in [0.5, 0.6) is 0 Å². The summed E-state index contributed by atoms with van der Waals surface area (Å²) in [6, 6.07) is -0.968. The smallest absolute Gasteiger partial charge is 0.224 e. The van der Waals surface area contributed by atoms with E-state index in [4.69, 9.17) is 18.9 Å². The summed E-state index contributed by atoms with van der Waals surface area (Å²) in [5.74, 6) is -0.374. The molecule has 0 aromatic heterocycles. The average Bonchev–Trinajstić information content (AvgIpc) is 3.22. The Morgan fingerprint density at radius 1 is 0.638 bits per heavy atom. The van der Waals surface area contributed by atoms with Crippen molar-refractivity contribution in [3.8, 4) is 0 Å². The minimum Gasteiger partial charge on any atom is -0.394 e. The van der Waals surface area contributed by atoms with Gasteiger partial charge in [-0.05, 0) is 44.9 Å². The number of carbonyl (C=O) groups is 1. The van der Waals surface area contributed by atoms with Gasteiger partial charge in [0.25, 0.3) is 0 Å². The number of carbonyl (C=O) groups excluding carboxylic acids is 1. The maximum absolute atomic E-state index is 13.0. The van der Waals surface area contributed by atoms with Gasteiger partial charge in [0.1, 0.15) is 48.8 Å². The normalized spacial score (nSPS) is 29.6. The third-order valence-electron chi connectivity index (χ3n) is 9.93. The highest BCUT2D eigenvalue weighted by molar-refractivity contribution is 5.77. The van der Waals surface area contributed by atoms with Crippen LogP contribution in [0.1, 0.15) is 104 Å². The van der Waals surface area contributed by atoms with Crippen molar-refractivity contribution < 1.29 is 64.6 Å². The molecule has 0 saturated carbocycles. The summed E-state index contributed by atoms with van der Waals surface area (Å²) < 4.78 is 22.5. The molecular formula is C44H73NO13. The van der Waals surface area contributed by atoms with E-state index in [1.54, 1.807) is 12.2 Å². The molecule has 0 bridgehead atoms. The van der Waals surface area contributed by atoms with Crippen molar-refractivity contribution in [2.75, 3.05) is 19.8 Å². The van der Waals surface area contributed by atoms with Crippen LogP contribution >= 0.6 is 0 Å². The predicted molar refractivity (Wildman–Crippen MR) is 221 cm³/mol. The van der Waals surface area contributed by atoms with Gasteiger partial charge in [-0.15, -0.1) is 0 Å². The Morgan fingerprint density at radius 2 is 1.17 bits per heavy atom. The van der Waals surface area contributed by atoms with E-state index in [2.05, 4.69) is 61.7 Å². The third kappa shape index (κ3) is 19.7. The fourth-order valence-electron chi connectivity index (χ4n) is 6.41. The van der Waals surface area contributed by atoms with Crippen LogP contribution in [-0.4, -0.2) is 140 Å². The quantitative estimate of drug-likeness (QED) is 0.0390. The third-order valence-corrected chi connectivity index (χ3v) is 9.93. The van der Waals surface area contributed by atoms with Crippen LogP contribution in [0, 0.1) is 0 Å². The second-order valence-corrected chi connectivity index (χ2v) is 14.8. The van der Waals surface area contributed by atoms with E-state index < -0.39 is 86.8 Å². The topological polar surface area (TPSA) is 228 Å². The second-order valence-electron chi connectivity index (χ2n) is 14.8. The molecule has 0 aromatic carbocycles. The molecule has 2 fully saturated rings. The van der Waals surface area contributed by atoms with E-state index in [-0.39, 0.29) is 18.9 Å². The second kappa shape index (κ2) is 31.3. The van der Waals surface area contributed by atoms with Gasteiger partial charge in [0, 0.05) is 6.42 Å². The van der Waals surface area contributed by atoms with Crippen LogP contribution in [0.15, 0.2) is 72.9 Å². The first-order valence-corrected chi connectivity index (χ1v) is 21.2. The largest absolute Gasteiger partial charge is 0.394 e. The molecule has 12 atom stereocenters. The highest BCUT2D eigenvalue weighted by Crippen LogP contribution is 2.29. The average molecular weight is 824 g/mol. The molecule has 0 aliphatic carbocycles. The Bertz CT molecular complexity index is 1250. The van der Waals surface area contributed by atoms with E-state index in [9.17, 15) is 45.6 Å². The Labute approximate surface area is 345 Å². The minimum absolute atomic E-state index is 0.0450. The maximum Gasteiger partial charge on any atom is 0.224 e. The van der Waals surface area contributed by atoms with Gasteiger partial charge in [0.15, 0.2) is 12.6 Å². The van der Waals surface area contributed by atoms with Gasteiger partial charge >= 0.3 is 0 Å². The van der Waals surface area contributed by atoms with Gasteiger partial charge < -0.3 is 65.1 Å². The summed E-state index contributed by atoms with van der Waals surface area (Å²) in [6.45, 7) is 2.51. The molecule has 0 spiro atoms. The lowest BCUT2D eigenvalue weighted by Gasteiger charge is -2.46. The lowest BCUT2D eigenvalue weighted by atomic mass is 9.97. The number of ether oxygens (including phenoxy) is 4. The standard InChI is InChI=1S/C44H73NO13/c1-3-5-7-9-11-13-14-15-16-17-18-20-22-24-26-28-36(49)45-32(33(48)27-25-23-21-19-12-10-8-6-4-2)31-55-43-41(54)39(52)42(35(30-47)57-43)58-44-40(53)38(51)37(50)34(29-46)56-44/h5,7,11,13,15-16,18,20,24-27,32-35,37-44,46-48,50-54H,3-4,6,8-10,12,14,17,19,21-23,28-31H2,1-2H3,(H,45,49)/b7-5-,13-11-,16-15-,20-18-,26-24-,27-25+. The molecule has 14 heteroatoms. The Kier molecular flexibility index (Phi) is 27.9. The fraction of sp³-hybridized carbons (Fsp3) is 0.705. The van der Waals surface area contributed by atoms with Gasteiger partial charge in [-0.3, -0.25) is 4.79 Å². The zero-order valence-corrected chi connectivity index (χ0v) is 34.5. The van der Waals surface area contributed by atoms with Gasteiger partial charge in [0.05, 0.1) is 32.0 Å². The van der Waals surface area contributed by atoms with Crippen LogP contribution in [0.2, 0.25) is 0 Å². The minimum atomic E-state index is -1.80. The van der Waals surface area contributed by atoms with Crippen LogP contribution in [-0.2, 0) is 23.7 Å². The zero-order chi connectivity index (χ0) is 42.5. The number of hydrogen-bond donors (Lipinski definition) is 9. The first kappa shape index (κ1) is 51.6. The number of amides is 1. The molecule has 2 rings (SSSR count). The first-order valence-electron chi connectivity index (χ1n) is 21.2. The van der Waals surface area contributed by atoms with Crippen molar-refractivity contribution in [3.05, 3.63) is 72.9 Å². The number of unbranched alkanes of at least 4 members (excludes halogenated alkanes) is 7. The first-order chi connectivity index (χ1) is 28.1. The molecule has 332 valence electrons. The van der Waals surface area contributed by atoms with Crippen molar-refractivity contribution in [2.45, 2.75) is 177 Å². The summed E-state index contributed by atoms with van der Waals surface area (Å²) in [7, 11) is 0. The van der Waals surface area contributed by atoms with E-state index in [1.807, 2.05) is 18.2 Å². The van der Waals surface area contributed by atoms with Crippen LogP contribution < -0.4 is 5.32 Å². The van der Waals surface area contributed by atoms with Crippen molar-refractivity contribution >= 4 is 5.91 Å². The molecule has 0 radical (unpaired) electrons. The van der Waals surface area contributed by atoms with Crippen LogP contribution in [0.4, 0.5) is 0 Å². The monoisotopic (exact) mass is 824 g/mol. The fourth-order valence-corrected chi connectivity index (χ4v) is 6.41. The number of aliphatic hydroxyl groups excluding tert-OH is 8. The summed E-state index contributed by atoms with van der Waals surface area (Å²) >= 11 is 0. The molecule has 2 aliphatic rings. The number of hydrogen-bond acceptors (Lipinski definition) is 13. The molecule has 1 amide bonds. The molecule has 2 saturated heterocycles. The van der Waals surface area contributed by atoms with Gasteiger partial charge in [-0.1, -0.05) is 125 Å². The number of aliphatic hydroxyl groups is 8. The van der Waals surface area contributed by atoms with Crippen molar-refractivity contribution in [2.24, 2.45) is 0 Å². The SMILES string of the molecule is CC/C=C\C/C=C\C/C=C\C/C=C\C/C=C\CC(=O)NC(COC1OC(CO)C(OC2OC(CO)C(O)C(O)C2O)C(O)C1O)C(O)/C=C/CCCCCCCCC. The zero-order valence-electron chi connectivity index (χ0n) is 34.5. The van der Waals surface area contributed by atoms with Crippen molar-refractivity contribution in [1.82, 2.24) is 5.32 Å². The lowest BCUT2D eigenvalue weighted by Crippen LogP contribution is -2.65. The summed E-state index contributed by atoms with van der Waals surface area (Å²) in [6.07, 6.45) is 20.0. The molecule has 2 aliphatic heterocycles. The molecule has 12 unspecified atom stereocenters. The number of rotatable bonds is 29. The number of nitrogens with one attached hydrogen (secondary N) is 1. The highest BCUT2D eigenvalue weighted by atomic mass is 16.7. The van der Waals surface area contributed by atoms with Crippen molar-refractivity contribution in [1.29, 1.82) is 0 Å². The molecular weight excluding hydrogens is 750 g/mol. The molecule has 58 heavy (non-hydrogen) atoms. The Hall–Kier alpha value is -2.57. The summed E-state index contributed by atoms with van der Waals surface area (Å²) in [5.41, 5.74) is 0. The highest BCUT2D eigenvalue weighted by Gasteiger charge is 2.50. The molecule has 9 N–H and O–H groups in total. The Balaban J connectivity index is 1.97. The molecule has 14 nitrogen and oxygen atoms in total. The van der Waals surface area contributed by atoms with Gasteiger partial charge in [-0.2, -0.15) is 0 Å². The van der Waals surface area contributed by atoms with Gasteiger partial charge in [-0.25, -0.2) is 0 Å². The Morgan fingerprint density at radius 3 is 1.76 bits per heavy atom. The number of allylic oxidation sites excluding steroid dienone is 10. The lowest BCUT2D eigenvalue weighted by molar-refractivity contribution is -0.359. The van der Waals surface area contributed by atoms with E-state index in [0.717, 1.165) is 51.4 Å². The summed E-state index contributed by atoms with van der Waals surface area (Å²) in [4.78, 5) is 13.0. The van der Waals surface area contributed by atoms with Gasteiger partial charge in [0.2, 0.25) is 5.91 Å². The maximum atomic E-state index is 13.0. The van der Waals surface area contributed by atoms with E-state index >= 15 is 0 Å². The van der Waals surface area contributed by atoms with Crippen LogP contribution in [0.25, 0.3) is 0 Å². The van der Waals surface area contributed by atoms with E-state index in [1.165, 1.54) is 25.7 Å². The molecule has 0 aromatic rings. The predicted octanol–water partition coefficient (Wildman–Crippen LogP) is 3.31.